The monoisotopic (exact) mass is 324 g/mol. The van der Waals surface area contributed by atoms with E-state index in [1.165, 1.54) is 5.56 Å². The Morgan fingerprint density at radius 2 is 2.26 bits per heavy atom. The number of carbonyl (C=O) groups is 1. The molecule has 1 aromatic rings. The Bertz CT molecular complexity index is 467. The minimum atomic E-state index is -0.443. The molecule has 4 heteroatoms. The van der Waals surface area contributed by atoms with Gasteiger partial charge in [-0.25, -0.2) is 0 Å². The van der Waals surface area contributed by atoms with Crippen LogP contribution < -0.4 is 5.73 Å². The molecule has 0 aliphatic carbocycles. The Labute approximate surface area is 123 Å². The Morgan fingerprint density at radius 1 is 1.53 bits per heavy atom. The summed E-state index contributed by atoms with van der Waals surface area (Å²) in [7, 11) is 0. The predicted octanol–water partition coefficient (Wildman–Crippen LogP) is 3.24. The van der Waals surface area contributed by atoms with Crippen LogP contribution in [0.1, 0.15) is 44.7 Å². The van der Waals surface area contributed by atoms with E-state index in [0.29, 0.717) is 6.42 Å². The van der Waals surface area contributed by atoms with Crippen molar-refractivity contribution >= 4 is 21.8 Å². The standard InChI is InChI=1S/C15H21BrN2O/c1-15(2,17)10-14(19)18-8-4-7-13(18)11-5-3-6-12(16)9-11/h3,5-6,9,13H,4,7-8,10,17H2,1-2H3. The lowest BCUT2D eigenvalue weighted by Crippen LogP contribution is -2.41. The number of halogens is 1. The Hall–Kier alpha value is -0.870. The lowest BCUT2D eigenvalue weighted by Gasteiger charge is -2.28. The molecule has 0 bridgehead atoms. The van der Waals surface area contributed by atoms with Gasteiger partial charge in [-0.2, -0.15) is 0 Å². The minimum Gasteiger partial charge on any atom is -0.336 e. The molecule has 1 aliphatic heterocycles. The van der Waals surface area contributed by atoms with E-state index < -0.39 is 5.54 Å². The van der Waals surface area contributed by atoms with Crippen LogP contribution >= 0.6 is 15.9 Å². The molecule has 1 fully saturated rings. The largest absolute Gasteiger partial charge is 0.336 e. The maximum Gasteiger partial charge on any atom is 0.224 e. The fourth-order valence-corrected chi connectivity index (χ4v) is 3.03. The first kappa shape index (κ1) is 14.5. The van der Waals surface area contributed by atoms with Crippen LogP contribution in [0.25, 0.3) is 0 Å². The summed E-state index contributed by atoms with van der Waals surface area (Å²) in [6.45, 7) is 4.64. The number of carbonyl (C=O) groups excluding carboxylic acids is 1. The minimum absolute atomic E-state index is 0.162. The first-order chi connectivity index (χ1) is 8.87. The van der Waals surface area contributed by atoms with Gasteiger partial charge in [0.15, 0.2) is 0 Å². The third-order valence-electron chi connectivity index (χ3n) is 3.41. The summed E-state index contributed by atoms with van der Waals surface area (Å²) in [5.41, 5.74) is 6.72. The Balaban J connectivity index is 2.15. The molecule has 1 unspecified atom stereocenters. The number of likely N-dealkylation sites (tertiary alicyclic amines) is 1. The van der Waals surface area contributed by atoms with E-state index in [9.17, 15) is 4.79 Å². The van der Waals surface area contributed by atoms with Gasteiger partial charge in [-0.1, -0.05) is 28.1 Å². The first-order valence-electron chi connectivity index (χ1n) is 6.71. The van der Waals surface area contributed by atoms with E-state index in [1.54, 1.807) is 0 Å². The Kier molecular flexibility index (Phi) is 4.31. The van der Waals surface area contributed by atoms with Crippen molar-refractivity contribution in [3.63, 3.8) is 0 Å². The van der Waals surface area contributed by atoms with Crippen LogP contribution in [0.3, 0.4) is 0 Å². The number of nitrogens with two attached hydrogens (primary N) is 1. The van der Waals surface area contributed by atoms with Gasteiger partial charge in [0.2, 0.25) is 5.91 Å². The van der Waals surface area contributed by atoms with Crippen molar-refractivity contribution < 1.29 is 4.79 Å². The van der Waals surface area contributed by atoms with E-state index in [0.717, 1.165) is 23.9 Å². The summed E-state index contributed by atoms with van der Waals surface area (Å²) in [5, 5.41) is 0. The number of nitrogens with zero attached hydrogens (tertiary/aromatic N) is 1. The average molecular weight is 325 g/mol. The van der Waals surface area contributed by atoms with Crippen LogP contribution in [0, 0.1) is 0 Å². The molecule has 0 saturated carbocycles. The van der Waals surface area contributed by atoms with Crippen LogP contribution in [-0.4, -0.2) is 22.9 Å². The summed E-state index contributed by atoms with van der Waals surface area (Å²) >= 11 is 3.49. The second-order valence-electron chi connectivity index (χ2n) is 5.97. The van der Waals surface area contributed by atoms with Crippen molar-refractivity contribution in [2.75, 3.05) is 6.54 Å². The van der Waals surface area contributed by atoms with E-state index in [2.05, 4.69) is 28.1 Å². The molecule has 1 atom stereocenters. The number of rotatable bonds is 3. The van der Waals surface area contributed by atoms with Gasteiger partial charge >= 0.3 is 0 Å². The van der Waals surface area contributed by atoms with Gasteiger partial charge in [0.25, 0.3) is 0 Å². The topological polar surface area (TPSA) is 46.3 Å². The highest BCUT2D eigenvalue weighted by molar-refractivity contribution is 9.10. The smallest absolute Gasteiger partial charge is 0.224 e. The fraction of sp³-hybridized carbons (Fsp3) is 0.533. The summed E-state index contributed by atoms with van der Waals surface area (Å²) in [4.78, 5) is 14.3. The second kappa shape index (κ2) is 5.63. The van der Waals surface area contributed by atoms with Gasteiger partial charge < -0.3 is 10.6 Å². The van der Waals surface area contributed by atoms with Crippen LogP contribution in [0.2, 0.25) is 0 Å². The lowest BCUT2D eigenvalue weighted by atomic mass is 10.00. The average Bonchev–Trinajstić information content (AvgIpc) is 2.75. The van der Waals surface area contributed by atoms with Gasteiger partial charge in [-0.15, -0.1) is 0 Å². The lowest BCUT2D eigenvalue weighted by molar-refractivity contribution is -0.133. The maximum absolute atomic E-state index is 12.4. The molecule has 19 heavy (non-hydrogen) atoms. The van der Waals surface area contributed by atoms with Crippen LogP contribution in [0.5, 0.6) is 0 Å². The maximum atomic E-state index is 12.4. The van der Waals surface area contributed by atoms with Gasteiger partial charge in [0, 0.05) is 23.0 Å². The molecule has 1 saturated heterocycles. The highest BCUT2D eigenvalue weighted by Gasteiger charge is 2.31. The number of hydrogen-bond donors (Lipinski definition) is 1. The molecule has 1 amide bonds. The summed E-state index contributed by atoms with van der Waals surface area (Å²) in [6, 6.07) is 8.42. The van der Waals surface area contributed by atoms with Crippen molar-refractivity contribution in [2.45, 2.75) is 44.7 Å². The molecular weight excluding hydrogens is 304 g/mol. The highest BCUT2D eigenvalue weighted by Crippen LogP contribution is 2.33. The van der Waals surface area contributed by atoms with Crippen LogP contribution in [0.4, 0.5) is 0 Å². The van der Waals surface area contributed by atoms with Crippen molar-refractivity contribution in [1.29, 1.82) is 0 Å². The molecule has 3 nitrogen and oxygen atoms in total. The normalized spacial score (nSPS) is 19.8. The van der Waals surface area contributed by atoms with E-state index in [1.807, 2.05) is 30.9 Å². The van der Waals surface area contributed by atoms with Crippen molar-refractivity contribution in [1.82, 2.24) is 4.90 Å². The third-order valence-corrected chi connectivity index (χ3v) is 3.91. The molecule has 1 aliphatic rings. The fourth-order valence-electron chi connectivity index (χ4n) is 2.62. The van der Waals surface area contributed by atoms with E-state index in [4.69, 9.17) is 5.73 Å². The molecular formula is C15H21BrN2O. The van der Waals surface area contributed by atoms with E-state index >= 15 is 0 Å². The van der Waals surface area contributed by atoms with Crippen molar-refractivity contribution in [2.24, 2.45) is 5.73 Å². The zero-order chi connectivity index (χ0) is 14.0. The van der Waals surface area contributed by atoms with Gasteiger partial charge in [-0.3, -0.25) is 4.79 Å². The zero-order valence-electron chi connectivity index (χ0n) is 11.5. The molecule has 0 aromatic heterocycles. The summed E-state index contributed by atoms with van der Waals surface area (Å²) < 4.78 is 1.06. The van der Waals surface area contributed by atoms with Gasteiger partial charge in [0.1, 0.15) is 0 Å². The van der Waals surface area contributed by atoms with Gasteiger partial charge in [0.05, 0.1) is 6.04 Å². The van der Waals surface area contributed by atoms with Crippen LogP contribution in [0.15, 0.2) is 28.7 Å². The third kappa shape index (κ3) is 3.80. The van der Waals surface area contributed by atoms with Crippen molar-refractivity contribution in [3.8, 4) is 0 Å². The predicted molar refractivity (Wildman–Crippen MR) is 80.7 cm³/mol. The quantitative estimate of drug-likeness (QED) is 0.927. The van der Waals surface area contributed by atoms with Crippen LogP contribution in [-0.2, 0) is 4.79 Å². The molecule has 2 rings (SSSR count). The molecule has 104 valence electrons. The highest BCUT2D eigenvalue weighted by atomic mass is 79.9. The molecule has 2 N–H and O–H groups in total. The molecule has 0 radical (unpaired) electrons. The number of benzene rings is 1. The summed E-state index contributed by atoms with van der Waals surface area (Å²) in [5.74, 6) is 0.162. The first-order valence-corrected chi connectivity index (χ1v) is 7.50. The SMILES string of the molecule is CC(C)(N)CC(=O)N1CCCC1c1cccc(Br)c1. The zero-order valence-corrected chi connectivity index (χ0v) is 13.1. The molecule has 1 aromatic carbocycles. The van der Waals surface area contributed by atoms with E-state index in [-0.39, 0.29) is 11.9 Å². The molecule has 1 heterocycles. The number of hydrogen-bond acceptors (Lipinski definition) is 2. The number of amides is 1. The van der Waals surface area contributed by atoms with Gasteiger partial charge in [-0.05, 0) is 44.4 Å². The van der Waals surface area contributed by atoms with Crippen molar-refractivity contribution in [3.05, 3.63) is 34.3 Å². The Morgan fingerprint density at radius 3 is 2.89 bits per heavy atom. The second-order valence-corrected chi connectivity index (χ2v) is 6.88. The summed E-state index contributed by atoms with van der Waals surface area (Å²) in [6.07, 6.45) is 2.50. The molecule has 0 spiro atoms.